The second-order valence-corrected chi connectivity index (χ2v) is 14.5. The number of carboxylic acids is 1. The second kappa shape index (κ2) is 13.7. The van der Waals surface area contributed by atoms with Crippen molar-refractivity contribution >= 4 is 90.7 Å². The van der Waals surface area contributed by atoms with E-state index in [1.165, 1.54) is 42.2 Å². The van der Waals surface area contributed by atoms with Crippen LogP contribution >= 0.6 is 23.5 Å². The lowest BCUT2D eigenvalue weighted by atomic mass is 10.1. The first-order valence-corrected chi connectivity index (χ1v) is 17.8. The van der Waals surface area contributed by atoms with Gasteiger partial charge in [-0.25, -0.2) is 24.7 Å². The van der Waals surface area contributed by atoms with Crippen molar-refractivity contribution in [2.24, 2.45) is 0 Å². The summed E-state index contributed by atoms with van der Waals surface area (Å²) in [5.41, 5.74) is 5.26. The number of thioether (sulfide) groups is 2. The molecular formula is C35H29N9O6S2. The quantitative estimate of drug-likeness (QED) is 0.147. The van der Waals surface area contributed by atoms with Gasteiger partial charge in [-0.2, -0.15) is 0 Å². The highest BCUT2D eigenvalue weighted by molar-refractivity contribution is 8.14. The summed E-state index contributed by atoms with van der Waals surface area (Å²) in [7, 11) is 0. The molecule has 3 aliphatic heterocycles. The van der Waals surface area contributed by atoms with Crippen LogP contribution in [-0.4, -0.2) is 87.8 Å². The Morgan fingerprint density at radius 3 is 1.88 bits per heavy atom. The zero-order valence-corrected chi connectivity index (χ0v) is 29.1. The van der Waals surface area contributed by atoms with Gasteiger partial charge in [-0.05, 0) is 54.4 Å². The summed E-state index contributed by atoms with van der Waals surface area (Å²) in [5.74, 6) is -0.0128. The molecule has 2 aromatic carbocycles. The average Bonchev–Trinajstić information content (AvgIpc) is 3.92. The molecule has 0 saturated carbocycles. The van der Waals surface area contributed by atoms with Gasteiger partial charge in [0.2, 0.25) is 0 Å². The lowest BCUT2D eigenvalue weighted by Gasteiger charge is -2.32. The number of anilines is 4. The van der Waals surface area contributed by atoms with Gasteiger partial charge < -0.3 is 35.3 Å². The first kappa shape index (κ1) is 33.4. The molecular weight excluding hydrogens is 707 g/mol. The first-order chi connectivity index (χ1) is 25.2. The number of nitrogens with zero attached hydrogens (tertiary/aromatic N) is 5. The third-order valence-corrected chi connectivity index (χ3v) is 10.7. The largest absolute Gasteiger partial charge is 0.477 e. The number of hydrogen-bond acceptors (Lipinski definition) is 13. The van der Waals surface area contributed by atoms with Crippen molar-refractivity contribution in [2.45, 2.75) is 35.6 Å². The number of aromatic nitrogens is 6. The third kappa shape index (κ3) is 6.68. The van der Waals surface area contributed by atoms with Crippen LogP contribution in [0.1, 0.15) is 39.0 Å². The van der Waals surface area contributed by atoms with Crippen LogP contribution in [0.15, 0.2) is 71.0 Å². The highest BCUT2D eigenvalue weighted by Gasteiger charge is 2.27. The number of benzene rings is 2. The fourth-order valence-electron chi connectivity index (χ4n) is 6.14. The summed E-state index contributed by atoms with van der Waals surface area (Å²) in [6.07, 6.45) is 3.75. The normalized spacial score (nSPS) is 16.4. The minimum absolute atomic E-state index is 0.0259. The Kier molecular flexibility index (Phi) is 8.82. The van der Waals surface area contributed by atoms with Crippen molar-refractivity contribution in [1.29, 1.82) is 0 Å². The number of ether oxygens (including phenoxy) is 1. The number of nitrogens with one attached hydrogen (secondary N) is 4. The van der Waals surface area contributed by atoms with Gasteiger partial charge in [0.25, 0.3) is 5.91 Å². The SMILES string of the molecule is C[C@H]1COCCN1C(=O)c1cc2c(Nc3ccc4c(c3)SC(=O)C4)ncnc2[nH]1.O=C1Cc2ccc(Nc3ncnc4[nH]c(C(=O)O)cc34)cc2S1. The number of H-pyrrole nitrogens is 2. The van der Waals surface area contributed by atoms with E-state index in [0.29, 0.717) is 66.6 Å². The number of morpholine rings is 1. The third-order valence-electron chi connectivity index (χ3n) is 8.72. The highest BCUT2D eigenvalue weighted by atomic mass is 32.2. The van der Waals surface area contributed by atoms with Crippen LogP contribution in [0.4, 0.5) is 23.0 Å². The number of hydrogen-bond donors (Lipinski definition) is 5. The Morgan fingerprint density at radius 2 is 1.35 bits per heavy atom. The van der Waals surface area contributed by atoms with Gasteiger partial charge in [-0.15, -0.1) is 0 Å². The van der Waals surface area contributed by atoms with Crippen LogP contribution < -0.4 is 10.6 Å². The van der Waals surface area contributed by atoms with Gasteiger partial charge in [0, 0.05) is 40.6 Å². The molecule has 1 fully saturated rings. The summed E-state index contributed by atoms with van der Waals surface area (Å²) < 4.78 is 5.42. The zero-order valence-electron chi connectivity index (χ0n) is 27.4. The molecule has 9 rings (SSSR count). The maximum absolute atomic E-state index is 12.9. The number of carbonyl (C=O) groups is 4. The number of rotatable bonds is 6. The van der Waals surface area contributed by atoms with Crippen LogP contribution in [-0.2, 0) is 27.2 Å². The molecule has 5 N–H and O–H groups in total. The molecule has 4 aromatic heterocycles. The van der Waals surface area contributed by atoms with E-state index in [-0.39, 0.29) is 27.9 Å². The average molecular weight is 736 g/mol. The number of fused-ring (bicyclic) bond motifs is 4. The van der Waals surface area contributed by atoms with E-state index in [9.17, 15) is 19.2 Å². The van der Waals surface area contributed by atoms with E-state index in [2.05, 4.69) is 40.5 Å². The number of amides is 1. The standard InChI is InChI=1S/C20H19N5O3S.C15H10N4O3S/c1-11-9-28-5-4-25(11)20(27)15-8-14-18(21-10-22-19(14)24-15)23-13-3-2-12-6-17(26)29-16(12)7-13;20-12-3-7-1-2-8(4-11(7)23-12)18-13-9-5-10(15(21)22)19-14(9)17-6-16-13/h2-3,7-8,10-11H,4-6,9H2,1H3,(H2,21,22,23,24);1-2,4-6H,3H2,(H,21,22)(H2,16,17,18,19)/t11-;/m0./s1. The lowest BCUT2D eigenvalue weighted by molar-refractivity contribution is -0.110. The Hall–Kier alpha value is -5.78. The van der Waals surface area contributed by atoms with Crippen LogP contribution in [0.25, 0.3) is 22.1 Å². The summed E-state index contributed by atoms with van der Waals surface area (Å²) in [4.78, 5) is 73.5. The van der Waals surface area contributed by atoms with E-state index in [1.807, 2.05) is 48.2 Å². The summed E-state index contributed by atoms with van der Waals surface area (Å²) in [6.45, 7) is 3.62. The van der Waals surface area contributed by atoms with Crippen LogP contribution in [0.2, 0.25) is 0 Å². The van der Waals surface area contributed by atoms with Gasteiger partial charge in [0.1, 0.15) is 47.0 Å². The van der Waals surface area contributed by atoms with E-state index >= 15 is 0 Å². The monoisotopic (exact) mass is 735 g/mol. The van der Waals surface area contributed by atoms with Crippen molar-refractivity contribution in [3.63, 3.8) is 0 Å². The minimum atomic E-state index is -1.05. The summed E-state index contributed by atoms with van der Waals surface area (Å²) in [6, 6.07) is 14.8. The number of aromatic carboxylic acids is 1. The highest BCUT2D eigenvalue weighted by Crippen LogP contribution is 2.37. The Morgan fingerprint density at radius 1 is 0.808 bits per heavy atom. The van der Waals surface area contributed by atoms with Gasteiger partial charge in [-0.3, -0.25) is 14.4 Å². The predicted molar refractivity (Wildman–Crippen MR) is 195 cm³/mol. The molecule has 1 saturated heterocycles. The van der Waals surface area contributed by atoms with Crippen LogP contribution in [0.5, 0.6) is 0 Å². The van der Waals surface area contributed by atoms with Gasteiger partial charge in [0.05, 0.1) is 30.0 Å². The zero-order chi connectivity index (χ0) is 35.9. The van der Waals surface area contributed by atoms with Gasteiger partial charge in [0.15, 0.2) is 10.2 Å². The van der Waals surface area contributed by atoms with Crippen LogP contribution in [0.3, 0.4) is 0 Å². The Balaban J connectivity index is 0.000000153. The van der Waals surface area contributed by atoms with E-state index in [0.717, 1.165) is 37.7 Å². The second-order valence-electron chi connectivity index (χ2n) is 12.3. The van der Waals surface area contributed by atoms with Gasteiger partial charge in [-0.1, -0.05) is 35.7 Å². The molecule has 0 spiro atoms. The van der Waals surface area contributed by atoms with Gasteiger partial charge >= 0.3 is 5.97 Å². The van der Waals surface area contributed by atoms with Crippen molar-refractivity contribution in [1.82, 2.24) is 34.8 Å². The number of aromatic amines is 2. The molecule has 1 atom stereocenters. The smallest absolute Gasteiger partial charge is 0.352 e. The first-order valence-electron chi connectivity index (χ1n) is 16.2. The number of carboxylic acid groups (broad SMARTS) is 1. The molecule has 3 aliphatic rings. The Labute approximate surface area is 303 Å². The molecule has 0 radical (unpaired) electrons. The molecule has 1 amide bonds. The van der Waals surface area contributed by atoms with Crippen LogP contribution in [0, 0.1) is 0 Å². The fraction of sp³-hybridized carbons (Fsp3) is 0.200. The summed E-state index contributed by atoms with van der Waals surface area (Å²) in [5, 5.41) is 17.1. The summed E-state index contributed by atoms with van der Waals surface area (Å²) >= 11 is 2.50. The number of carbonyl (C=O) groups excluding carboxylic acids is 3. The maximum Gasteiger partial charge on any atom is 0.352 e. The van der Waals surface area contributed by atoms with Crippen molar-refractivity contribution in [2.75, 3.05) is 30.4 Å². The molecule has 262 valence electrons. The molecule has 0 aliphatic carbocycles. The predicted octanol–water partition coefficient (Wildman–Crippen LogP) is 5.31. The molecule has 52 heavy (non-hydrogen) atoms. The molecule has 15 nitrogen and oxygen atoms in total. The fourth-order valence-corrected chi connectivity index (χ4v) is 8.00. The van der Waals surface area contributed by atoms with E-state index in [1.54, 1.807) is 6.07 Å². The van der Waals surface area contributed by atoms with Crippen molar-refractivity contribution in [3.8, 4) is 0 Å². The van der Waals surface area contributed by atoms with E-state index < -0.39 is 5.97 Å². The topological polar surface area (TPSA) is 208 Å². The Bertz CT molecular complexity index is 2430. The van der Waals surface area contributed by atoms with E-state index in [4.69, 9.17) is 9.84 Å². The molecule has 7 heterocycles. The molecule has 6 aromatic rings. The lowest BCUT2D eigenvalue weighted by Crippen LogP contribution is -2.47. The molecule has 0 bridgehead atoms. The molecule has 0 unspecified atom stereocenters. The maximum atomic E-state index is 12.9. The van der Waals surface area contributed by atoms with Crippen molar-refractivity contribution < 1.29 is 29.0 Å². The minimum Gasteiger partial charge on any atom is -0.477 e. The molecule has 17 heteroatoms. The van der Waals surface area contributed by atoms with Crippen molar-refractivity contribution in [3.05, 3.63) is 83.7 Å².